The SMILES string of the molecule is [Cl-].[Cl-].[Ni+3].[c-]1c2ccccc2cc2cccc(P(c3ccccc3)c3ccccc3)c12. The molecule has 0 aliphatic rings. The Morgan fingerprint density at radius 3 is 1.70 bits per heavy atom. The van der Waals surface area contributed by atoms with Crippen LogP contribution in [0.5, 0.6) is 0 Å². The minimum atomic E-state index is -0.632. The van der Waals surface area contributed by atoms with Gasteiger partial charge in [0.1, 0.15) is 0 Å². The zero-order valence-corrected chi connectivity index (χ0v) is 19.3. The molecule has 5 rings (SSSR count). The third-order valence-corrected chi connectivity index (χ3v) is 7.36. The van der Waals surface area contributed by atoms with Crippen molar-refractivity contribution in [3.63, 3.8) is 0 Å². The van der Waals surface area contributed by atoms with Crippen LogP contribution in [0.3, 0.4) is 0 Å². The summed E-state index contributed by atoms with van der Waals surface area (Å²) in [5.41, 5.74) is 0. The van der Waals surface area contributed by atoms with Gasteiger partial charge in [-0.25, -0.2) is 0 Å². The number of hydrogen-bond donors (Lipinski definition) is 0. The van der Waals surface area contributed by atoms with Gasteiger partial charge in [-0.15, -0.1) is 29.0 Å². The first-order valence-corrected chi connectivity index (χ1v) is 10.5. The Bertz CT molecular complexity index is 1190. The van der Waals surface area contributed by atoms with Crippen molar-refractivity contribution in [2.24, 2.45) is 0 Å². The molecule has 0 saturated heterocycles. The van der Waals surface area contributed by atoms with E-state index in [9.17, 15) is 0 Å². The molecule has 0 fully saturated rings. The quantitative estimate of drug-likeness (QED) is 0.139. The van der Waals surface area contributed by atoms with Crippen molar-refractivity contribution in [2.45, 2.75) is 0 Å². The molecule has 1 radical (unpaired) electrons. The van der Waals surface area contributed by atoms with Crippen LogP contribution in [0.2, 0.25) is 0 Å². The van der Waals surface area contributed by atoms with Crippen molar-refractivity contribution in [3.8, 4) is 0 Å². The van der Waals surface area contributed by atoms with Gasteiger partial charge < -0.3 is 24.8 Å². The maximum absolute atomic E-state index is 3.71. The van der Waals surface area contributed by atoms with Gasteiger partial charge in [-0.3, -0.25) is 0 Å². The van der Waals surface area contributed by atoms with Crippen molar-refractivity contribution in [2.75, 3.05) is 0 Å². The van der Waals surface area contributed by atoms with E-state index in [4.69, 9.17) is 0 Å². The Morgan fingerprint density at radius 2 is 1.07 bits per heavy atom. The van der Waals surface area contributed by atoms with Gasteiger partial charge in [0.05, 0.1) is 0 Å². The summed E-state index contributed by atoms with van der Waals surface area (Å²) in [6.45, 7) is 0. The fourth-order valence-corrected chi connectivity index (χ4v) is 6.06. The molecule has 0 spiro atoms. The van der Waals surface area contributed by atoms with Crippen molar-refractivity contribution < 1.29 is 41.3 Å². The van der Waals surface area contributed by atoms with Gasteiger partial charge in [-0.05, 0) is 18.5 Å². The monoisotopic (exact) mass is 489 g/mol. The van der Waals surface area contributed by atoms with Crippen LogP contribution < -0.4 is 40.7 Å². The number of benzene rings is 5. The summed E-state index contributed by atoms with van der Waals surface area (Å²) < 4.78 is 0. The molecular formula is C26H18Cl2NiP. The second-order valence-electron chi connectivity index (χ2n) is 6.60. The molecule has 0 amide bonds. The summed E-state index contributed by atoms with van der Waals surface area (Å²) in [4.78, 5) is 0. The first-order chi connectivity index (χ1) is 13.4. The Balaban J connectivity index is 0.00000107. The van der Waals surface area contributed by atoms with Crippen LogP contribution in [0.25, 0.3) is 21.5 Å². The number of fused-ring (bicyclic) bond motifs is 2. The molecular weight excluding hydrogens is 473 g/mol. The first kappa shape index (κ1) is 24.4. The van der Waals surface area contributed by atoms with E-state index in [0.717, 1.165) is 0 Å². The fourth-order valence-electron chi connectivity index (χ4n) is 3.62. The molecule has 0 aliphatic carbocycles. The van der Waals surface area contributed by atoms with Crippen LogP contribution in [0.15, 0.2) is 109 Å². The molecule has 0 N–H and O–H groups in total. The molecule has 4 heteroatoms. The van der Waals surface area contributed by atoms with Crippen molar-refractivity contribution in [3.05, 3.63) is 115 Å². The smallest absolute Gasteiger partial charge is 1.00 e. The van der Waals surface area contributed by atoms with E-state index in [-0.39, 0.29) is 41.3 Å². The van der Waals surface area contributed by atoms with Crippen LogP contribution >= 0.6 is 7.92 Å². The van der Waals surface area contributed by atoms with Crippen molar-refractivity contribution in [1.29, 1.82) is 0 Å². The molecule has 0 bridgehead atoms. The Labute approximate surface area is 201 Å². The third-order valence-electron chi connectivity index (χ3n) is 4.88. The second-order valence-corrected chi connectivity index (χ2v) is 8.79. The fraction of sp³-hybridized carbons (Fsp3) is 0. The maximum Gasteiger partial charge on any atom is 3.00 e. The molecule has 5 aromatic rings. The number of halogens is 2. The average Bonchev–Trinajstić information content (AvgIpc) is 2.74. The molecule has 0 atom stereocenters. The largest absolute Gasteiger partial charge is 3.00 e. The van der Waals surface area contributed by atoms with Crippen molar-refractivity contribution >= 4 is 45.4 Å². The standard InChI is InChI=1S/C26H18P.2ClH.Ni/c1-3-13-23(14-4-1)27(24-15-5-2-6-16-24)26-17-9-12-22-18-20-10-7-8-11-21(20)19-25(22)26;;;/h1-18H;2*1H;/q-1;;;+3/p-2. The molecule has 0 aliphatic heterocycles. The molecule has 0 nitrogen and oxygen atoms in total. The van der Waals surface area contributed by atoms with Gasteiger partial charge in [0, 0.05) is 0 Å². The van der Waals surface area contributed by atoms with Crippen molar-refractivity contribution in [1.82, 2.24) is 0 Å². The molecule has 5 aromatic carbocycles. The predicted octanol–water partition coefficient (Wildman–Crippen LogP) is -0.443. The normalized spacial score (nSPS) is 10.2. The van der Waals surface area contributed by atoms with Crippen LogP contribution in [-0.4, -0.2) is 0 Å². The Morgan fingerprint density at radius 1 is 0.533 bits per heavy atom. The van der Waals surface area contributed by atoms with E-state index in [1.165, 1.54) is 37.5 Å². The zero-order valence-electron chi connectivity index (χ0n) is 15.9. The van der Waals surface area contributed by atoms with Gasteiger partial charge in [0.15, 0.2) is 0 Å². The summed E-state index contributed by atoms with van der Waals surface area (Å²) in [6.07, 6.45) is 0. The van der Waals surface area contributed by atoms with Gasteiger partial charge in [-0.1, -0.05) is 113 Å². The summed E-state index contributed by atoms with van der Waals surface area (Å²) in [6, 6.07) is 42.9. The first-order valence-electron chi connectivity index (χ1n) is 9.14. The van der Waals surface area contributed by atoms with Crippen LogP contribution in [0.4, 0.5) is 0 Å². The maximum atomic E-state index is 3.71. The molecule has 0 aromatic heterocycles. The van der Waals surface area contributed by atoms with Gasteiger partial charge in [0.25, 0.3) is 0 Å². The minimum absolute atomic E-state index is 0. The molecule has 30 heavy (non-hydrogen) atoms. The Kier molecular flexibility index (Phi) is 8.90. The average molecular weight is 491 g/mol. The second kappa shape index (κ2) is 10.9. The van der Waals surface area contributed by atoms with Crippen LogP contribution in [-0.2, 0) is 16.5 Å². The summed E-state index contributed by atoms with van der Waals surface area (Å²) >= 11 is 0. The zero-order chi connectivity index (χ0) is 18.1. The summed E-state index contributed by atoms with van der Waals surface area (Å²) in [5, 5.41) is 9.01. The summed E-state index contributed by atoms with van der Waals surface area (Å²) in [7, 11) is -0.632. The van der Waals surface area contributed by atoms with E-state index in [2.05, 4.69) is 115 Å². The molecule has 0 saturated carbocycles. The number of hydrogen-bond acceptors (Lipinski definition) is 0. The van der Waals surface area contributed by atoms with Crippen LogP contribution in [0, 0.1) is 6.07 Å². The van der Waals surface area contributed by atoms with Gasteiger partial charge in [-0.2, -0.15) is 0 Å². The number of rotatable bonds is 3. The van der Waals surface area contributed by atoms with E-state index in [0.29, 0.717) is 0 Å². The topological polar surface area (TPSA) is 0 Å². The van der Waals surface area contributed by atoms with E-state index < -0.39 is 7.92 Å². The van der Waals surface area contributed by atoms with E-state index >= 15 is 0 Å². The summed E-state index contributed by atoms with van der Waals surface area (Å²) in [5.74, 6) is 0. The van der Waals surface area contributed by atoms with Gasteiger partial charge >= 0.3 is 16.5 Å². The molecule has 0 unspecified atom stereocenters. The minimum Gasteiger partial charge on any atom is -1.00 e. The molecule has 0 heterocycles. The van der Waals surface area contributed by atoms with Gasteiger partial charge in [0.2, 0.25) is 0 Å². The van der Waals surface area contributed by atoms with E-state index in [1.54, 1.807) is 0 Å². The predicted molar refractivity (Wildman–Crippen MR) is 119 cm³/mol. The van der Waals surface area contributed by atoms with Crippen LogP contribution in [0.1, 0.15) is 0 Å². The Hall–Kier alpha value is -1.88. The van der Waals surface area contributed by atoms with E-state index in [1.807, 2.05) is 0 Å². The third kappa shape index (κ3) is 4.72. The molecule has 151 valence electrons.